The molecule has 1 N–H and O–H groups in total. The molecule has 3 rings (SSSR count). The summed E-state index contributed by atoms with van der Waals surface area (Å²) >= 11 is 0. The molecule has 0 radical (unpaired) electrons. The van der Waals surface area contributed by atoms with Crippen LogP contribution in [0.25, 0.3) is 11.1 Å². The minimum Gasteiger partial charge on any atom is -0.449 e. The molecule has 0 saturated heterocycles. The third kappa shape index (κ3) is 3.77. The van der Waals surface area contributed by atoms with Crippen molar-refractivity contribution >= 4 is 12.1 Å². The van der Waals surface area contributed by atoms with Crippen molar-refractivity contribution in [3.63, 3.8) is 0 Å². The summed E-state index contributed by atoms with van der Waals surface area (Å²) in [5.41, 5.74) is 4.46. The molecule has 4 nitrogen and oxygen atoms in total. The van der Waals surface area contributed by atoms with Crippen LogP contribution in [0.3, 0.4) is 0 Å². The van der Waals surface area contributed by atoms with Crippen LogP contribution in [0, 0.1) is 5.92 Å². The van der Waals surface area contributed by atoms with Gasteiger partial charge >= 0.3 is 12.1 Å². The average Bonchev–Trinajstić information content (AvgIpc) is 2.93. The topological polar surface area (TPSA) is 55.4 Å². The van der Waals surface area contributed by atoms with Gasteiger partial charge in [0, 0.05) is 5.92 Å². The molecule has 0 fully saturated rings. The molecule has 0 bridgehead atoms. The van der Waals surface area contributed by atoms with E-state index >= 15 is 0 Å². The maximum absolute atomic E-state index is 13.1. The van der Waals surface area contributed by atoms with E-state index < -0.39 is 18.2 Å². The molecule has 2 aromatic rings. The predicted octanol–water partition coefficient (Wildman–Crippen LogP) is 4.44. The summed E-state index contributed by atoms with van der Waals surface area (Å²) in [5, 5.41) is 2.33. The Labute approximate surface area is 152 Å². The van der Waals surface area contributed by atoms with Crippen LogP contribution in [0.5, 0.6) is 0 Å². The summed E-state index contributed by atoms with van der Waals surface area (Å²) in [6, 6.07) is 13.3. The zero-order valence-corrected chi connectivity index (χ0v) is 14.9. The van der Waals surface area contributed by atoms with Crippen LogP contribution in [0.4, 0.5) is 9.18 Å². The fourth-order valence-corrected chi connectivity index (χ4v) is 3.46. The molecule has 0 aliphatic heterocycles. The number of carbonyl (C=O) groups excluding carboxylic acids is 2. The molecule has 0 heterocycles. The lowest BCUT2D eigenvalue weighted by molar-refractivity contribution is -0.131. The number of ether oxygens (including phenoxy) is 1. The van der Waals surface area contributed by atoms with E-state index in [0.717, 1.165) is 22.3 Å². The molecule has 26 heavy (non-hydrogen) atoms. The van der Waals surface area contributed by atoms with E-state index in [2.05, 4.69) is 17.4 Å². The standard InChI is InChI=1S/C21H22FNO3/c1-13(2)11-19(20(22)24)23-21(25)26-12-18-16-9-5-3-7-14(16)15-8-4-6-10-17(15)18/h3-10,13,18-19H,11-12H2,1-2H3,(H,23,25)/t19-/m0/s1. The average molecular weight is 355 g/mol. The van der Waals surface area contributed by atoms with Crippen LogP contribution in [0.15, 0.2) is 48.5 Å². The Bertz CT molecular complexity index is 773. The Kier molecular flexibility index (Phi) is 5.35. The number of hydrogen-bond donors (Lipinski definition) is 1. The van der Waals surface area contributed by atoms with Crippen molar-refractivity contribution in [3.8, 4) is 11.1 Å². The fourth-order valence-electron chi connectivity index (χ4n) is 3.46. The van der Waals surface area contributed by atoms with Gasteiger partial charge in [-0.05, 0) is 34.6 Å². The first kappa shape index (κ1) is 18.1. The molecule has 5 heteroatoms. The largest absolute Gasteiger partial charge is 0.449 e. The van der Waals surface area contributed by atoms with E-state index in [1.54, 1.807) is 0 Å². The minimum atomic E-state index is -1.55. The number of nitrogens with one attached hydrogen (secondary N) is 1. The Morgan fingerprint density at radius 2 is 1.58 bits per heavy atom. The van der Waals surface area contributed by atoms with Gasteiger partial charge < -0.3 is 10.1 Å². The van der Waals surface area contributed by atoms with Gasteiger partial charge in [0.05, 0.1) is 0 Å². The summed E-state index contributed by atoms with van der Waals surface area (Å²) in [6.07, 6.45) is -0.539. The van der Waals surface area contributed by atoms with Crippen molar-refractivity contribution in [3.05, 3.63) is 59.7 Å². The number of hydrogen-bond acceptors (Lipinski definition) is 3. The van der Waals surface area contributed by atoms with Gasteiger partial charge in [-0.15, -0.1) is 0 Å². The highest BCUT2D eigenvalue weighted by Crippen LogP contribution is 2.44. The van der Waals surface area contributed by atoms with Crippen molar-refractivity contribution < 1.29 is 18.7 Å². The van der Waals surface area contributed by atoms with Gasteiger partial charge in [-0.2, -0.15) is 4.39 Å². The van der Waals surface area contributed by atoms with E-state index in [-0.39, 0.29) is 24.9 Å². The number of benzene rings is 2. The maximum Gasteiger partial charge on any atom is 0.407 e. The van der Waals surface area contributed by atoms with Crippen LogP contribution in [-0.2, 0) is 9.53 Å². The number of rotatable bonds is 6. The highest BCUT2D eigenvalue weighted by molar-refractivity contribution is 5.81. The van der Waals surface area contributed by atoms with Gasteiger partial charge in [0.1, 0.15) is 12.6 Å². The molecule has 0 unspecified atom stereocenters. The lowest BCUT2D eigenvalue weighted by atomic mass is 9.98. The highest BCUT2D eigenvalue weighted by atomic mass is 19.1. The van der Waals surface area contributed by atoms with Crippen LogP contribution >= 0.6 is 0 Å². The Hall–Kier alpha value is -2.69. The summed E-state index contributed by atoms with van der Waals surface area (Å²) in [6.45, 7) is 3.85. The molecule has 0 saturated carbocycles. The predicted molar refractivity (Wildman–Crippen MR) is 97.6 cm³/mol. The van der Waals surface area contributed by atoms with Gasteiger partial charge in [0.2, 0.25) is 0 Å². The lowest BCUT2D eigenvalue weighted by Gasteiger charge is -2.18. The molecule has 2 aromatic carbocycles. The number of amides is 1. The number of carbonyl (C=O) groups is 2. The first-order chi connectivity index (χ1) is 12.5. The zero-order valence-electron chi connectivity index (χ0n) is 14.9. The maximum atomic E-state index is 13.1. The second-order valence-corrected chi connectivity index (χ2v) is 6.96. The fraction of sp³-hybridized carbons (Fsp3) is 0.333. The number of fused-ring (bicyclic) bond motifs is 3. The summed E-state index contributed by atoms with van der Waals surface area (Å²) < 4.78 is 18.4. The molecule has 0 spiro atoms. The van der Waals surface area contributed by atoms with E-state index in [4.69, 9.17) is 4.74 Å². The summed E-state index contributed by atoms with van der Waals surface area (Å²) in [4.78, 5) is 23.1. The van der Waals surface area contributed by atoms with Crippen molar-refractivity contribution in [2.24, 2.45) is 5.92 Å². The molecule has 1 aliphatic rings. The Balaban J connectivity index is 1.70. The van der Waals surface area contributed by atoms with Crippen molar-refractivity contribution in [2.75, 3.05) is 6.61 Å². The molecule has 136 valence electrons. The normalized spacial score (nSPS) is 13.8. The van der Waals surface area contributed by atoms with Crippen molar-refractivity contribution in [1.29, 1.82) is 0 Å². The van der Waals surface area contributed by atoms with Crippen LogP contribution in [-0.4, -0.2) is 24.8 Å². The van der Waals surface area contributed by atoms with Crippen molar-refractivity contribution in [1.82, 2.24) is 5.32 Å². The molecular weight excluding hydrogens is 333 g/mol. The molecule has 0 aromatic heterocycles. The third-order valence-electron chi connectivity index (χ3n) is 4.62. The van der Waals surface area contributed by atoms with E-state index in [1.165, 1.54) is 0 Å². The lowest BCUT2D eigenvalue weighted by Crippen LogP contribution is -2.40. The SMILES string of the molecule is CC(C)C[C@H](NC(=O)OCC1c2ccccc2-c2ccccc21)C(=O)F. The molecule has 1 amide bonds. The smallest absolute Gasteiger partial charge is 0.407 e. The molecule has 1 atom stereocenters. The molecule has 1 aliphatic carbocycles. The monoisotopic (exact) mass is 355 g/mol. The van der Waals surface area contributed by atoms with Gasteiger partial charge in [-0.25, -0.2) is 4.79 Å². The zero-order chi connectivity index (χ0) is 18.7. The first-order valence-electron chi connectivity index (χ1n) is 8.78. The van der Waals surface area contributed by atoms with Crippen LogP contribution < -0.4 is 5.32 Å². The second kappa shape index (κ2) is 7.68. The van der Waals surface area contributed by atoms with Gasteiger partial charge in [-0.1, -0.05) is 62.4 Å². The quantitative estimate of drug-likeness (QED) is 0.780. The Morgan fingerprint density at radius 1 is 1.04 bits per heavy atom. The number of halogens is 1. The van der Waals surface area contributed by atoms with E-state index in [9.17, 15) is 14.0 Å². The molecular formula is C21H22FNO3. The summed E-state index contributed by atoms with van der Waals surface area (Å²) in [5.74, 6) is 0.00589. The highest BCUT2D eigenvalue weighted by Gasteiger charge is 2.29. The summed E-state index contributed by atoms with van der Waals surface area (Å²) in [7, 11) is 0. The second-order valence-electron chi connectivity index (χ2n) is 6.96. The Morgan fingerprint density at radius 3 is 2.08 bits per heavy atom. The third-order valence-corrected chi connectivity index (χ3v) is 4.62. The van der Waals surface area contributed by atoms with Crippen LogP contribution in [0.1, 0.15) is 37.3 Å². The van der Waals surface area contributed by atoms with Crippen LogP contribution in [0.2, 0.25) is 0 Å². The van der Waals surface area contributed by atoms with Gasteiger partial charge in [0.15, 0.2) is 0 Å². The van der Waals surface area contributed by atoms with Crippen molar-refractivity contribution in [2.45, 2.75) is 32.2 Å². The van der Waals surface area contributed by atoms with Gasteiger partial charge in [-0.3, -0.25) is 4.79 Å². The van der Waals surface area contributed by atoms with Gasteiger partial charge in [0.25, 0.3) is 0 Å². The minimum absolute atomic E-state index is 0.0715. The first-order valence-corrected chi connectivity index (χ1v) is 8.78. The van der Waals surface area contributed by atoms with E-state index in [1.807, 2.05) is 50.2 Å². The van der Waals surface area contributed by atoms with E-state index in [0.29, 0.717) is 0 Å². The number of alkyl carbamates (subject to hydrolysis) is 1.